The Bertz CT molecular complexity index is 910. The number of ether oxygens (including phenoxy) is 1. The highest BCUT2D eigenvalue weighted by atomic mass is 32.2. The largest absolute Gasteiger partial charge is 0.491 e. The molecule has 0 aliphatic carbocycles. The number of nitrogens with two attached hydrogens (primary N) is 1. The van der Waals surface area contributed by atoms with Crippen molar-refractivity contribution in [1.82, 2.24) is 5.32 Å². The fraction of sp³-hybridized carbons (Fsp3) is 0.176. The fourth-order valence-corrected chi connectivity index (χ4v) is 2.77. The minimum Gasteiger partial charge on any atom is -0.491 e. The Morgan fingerprint density at radius 1 is 1.15 bits per heavy atom. The van der Waals surface area contributed by atoms with E-state index in [2.05, 4.69) is 10.6 Å². The average molecular weight is 393 g/mol. The van der Waals surface area contributed by atoms with Gasteiger partial charge in [-0.25, -0.2) is 13.6 Å². The van der Waals surface area contributed by atoms with Gasteiger partial charge in [-0.05, 0) is 68.5 Å². The summed E-state index contributed by atoms with van der Waals surface area (Å²) in [4.78, 5) is 12.3. The lowest BCUT2D eigenvalue weighted by molar-refractivity contribution is 0.0977. The van der Waals surface area contributed by atoms with Crippen molar-refractivity contribution in [2.45, 2.75) is 24.8 Å². The van der Waals surface area contributed by atoms with Crippen molar-refractivity contribution in [3.63, 3.8) is 0 Å². The third kappa shape index (κ3) is 5.80. The Balaban J connectivity index is 2.00. The number of carbonyl (C=O) groups excluding carboxylic acids is 1. The van der Waals surface area contributed by atoms with Crippen molar-refractivity contribution in [2.24, 2.45) is 5.14 Å². The molecule has 0 saturated carbocycles. The molecule has 0 aliphatic rings. The molecule has 1 amide bonds. The number of amides is 1. The molecule has 0 unspecified atom stereocenters. The van der Waals surface area contributed by atoms with Crippen molar-refractivity contribution in [3.8, 4) is 5.75 Å². The fourth-order valence-electron chi connectivity index (χ4n) is 2.05. The van der Waals surface area contributed by atoms with E-state index in [9.17, 15) is 13.2 Å². The highest BCUT2D eigenvalue weighted by Gasteiger charge is 2.11. The Morgan fingerprint density at radius 3 is 2.38 bits per heavy atom. The predicted molar refractivity (Wildman–Crippen MR) is 104 cm³/mol. The second kappa shape index (κ2) is 8.26. The third-order valence-electron chi connectivity index (χ3n) is 3.14. The number of rotatable bonds is 5. The first-order chi connectivity index (χ1) is 12.1. The molecule has 0 saturated heterocycles. The lowest BCUT2D eigenvalue weighted by Crippen LogP contribution is -2.34. The van der Waals surface area contributed by atoms with Crippen LogP contribution in [0.1, 0.15) is 24.2 Å². The molecular formula is C17H19N3O4S2. The van der Waals surface area contributed by atoms with Gasteiger partial charge >= 0.3 is 0 Å². The molecule has 0 aliphatic heterocycles. The number of hydrogen-bond donors (Lipinski definition) is 3. The zero-order valence-electron chi connectivity index (χ0n) is 14.2. The standard InChI is InChI=1S/C17H19N3O4S2/c1-11(2)24-14-5-3-4-12(10-14)16(21)20-17(25)19-13-6-8-15(9-7-13)26(18,22)23/h3-11H,1-2H3,(H2,18,22,23)(H2,19,20,21,25). The Kier molecular flexibility index (Phi) is 6.30. The summed E-state index contributed by atoms with van der Waals surface area (Å²) in [5.41, 5.74) is 0.913. The van der Waals surface area contributed by atoms with Gasteiger partial charge in [0.05, 0.1) is 11.0 Å². The molecular weight excluding hydrogens is 374 g/mol. The number of sulfonamides is 1. The molecule has 138 valence electrons. The lowest BCUT2D eigenvalue weighted by Gasteiger charge is -2.12. The quantitative estimate of drug-likeness (QED) is 0.672. The summed E-state index contributed by atoms with van der Waals surface area (Å²) < 4.78 is 28.0. The molecule has 0 atom stereocenters. The van der Waals surface area contributed by atoms with Crippen LogP contribution in [-0.4, -0.2) is 25.5 Å². The summed E-state index contributed by atoms with van der Waals surface area (Å²) in [5, 5.41) is 10.5. The van der Waals surface area contributed by atoms with Crippen LogP contribution in [0.2, 0.25) is 0 Å². The second-order valence-electron chi connectivity index (χ2n) is 5.67. The van der Waals surface area contributed by atoms with E-state index in [1.807, 2.05) is 13.8 Å². The highest BCUT2D eigenvalue weighted by Crippen LogP contribution is 2.15. The van der Waals surface area contributed by atoms with E-state index in [0.29, 0.717) is 17.0 Å². The Labute approximate surface area is 157 Å². The molecule has 0 spiro atoms. The minimum absolute atomic E-state index is 0.00337. The maximum Gasteiger partial charge on any atom is 0.257 e. The van der Waals surface area contributed by atoms with Crippen LogP contribution in [0.15, 0.2) is 53.4 Å². The summed E-state index contributed by atoms with van der Waals surface area (Å²) in [7, 11) is -3.76. The van der Waals surface area contributed by atoms with Crippen molar-refractivity contribution in [2.75, 3.05) is 5.32 Å². The SMILES string of the molecule is CC(C)Oc1cccc(C(=O)NC(=S)Nc2ccc(S(N)(=O)=O)cc2)c1. The Morgan fingerprint density at radius 2 is 1.81 bits per heavy atom. The molecule has 0 aromatic heterocycles. The predicted octanol–water partition coefficient (Wildman–Crippen LogP) is 2.25. The molecule has 4 N–H and O–H groups in total. The third-order valence-corrected chi connectivity index (χ3v) is 4.27. The van der Waals surface area contributed by atoms with Crippen LogP contribution in [0.25, 0.3) is 0 Å². The summed E-state index contributed by atoms with van der Waals surface area (Å²) in [6, 6.07) is 12.4. The van der Waals surface area contributed by atoms with Gasteiger partial charge in [0.1, 0.15) is 5.75 Å². The Hall–Kier alpha value is -2.49. The van der Waals surface area contributed by atoms with Crippen LogP contribution in [0.5, 0.6) is 5.75 Å². The van der Waals surface area contributed by atoms with Crippen LogP contribution in [-0.2, 0) is 10.0 Å². The summed E-state index contributed by atoms with van der Waals surface area (Å²) in [6.07, 6.45) is -0.00337. The van der Waals surface area contributed by atoms with Gasteiger partial charge in [-0.15, -0.1) is 0 Å². The smallest absolute Gasteiger partial charge is 0.257 e. The molecule has 2 aromatic carbocycles. The molecule has 9 heteroatoms. The van der Waals surface area contributed by atoms with Crippen molar-refractivity contribution in [3.05, 3.63) is 54.1 Å². The molecule has 2 aromatic rings. The van der Waals surface area contributed by atoms with Crippen LogP contribution in [0.4, 0.5) is 5.69 Å². The van der Waals surface area contributed by atoms with Gasteiger partial charge in [-0.1, -0.05) is 6.07 Å². The van der Waals surface area contributed by atoms with Crippen molar-refractivity contribution < 1.29 is 17.9 Å². The monoisotopic (exact) mass is 393 g/mol. The van der Waals surface area contributed by atoms with Gasteiger partial charge in [0.25, 0.3) is 5.91 Å². The molecule has 0 radical (unpaired) electrons. The van der Waals surface area contributed by atoms with E-state index in [-0.39, 0.29) is 16.1 Å². The zero-order chi connectivity index (χ0) is 19.3. The average Bonchev–Trinajstić information content (AvgIpc) is 2.54. The van der Waals surface area contributed by atoms with E-state index < -0.39 is 15.9 Å². The topological polar surface area (TPSA) is 111 Å². The number of benzene rings is 2. The van der Waals surface area contributed by atoms with E-state index in [0.717, 1.165) is 0 Å². The van der Waals surface area contributed by atoms with E-state index >= 15 is 0 Å². The molecule has 0 bridgehead atoms. The van der Waals surface area contributed by atoms with Crippen LogP contribution < -0.4 is 20.5 Å². The normalized spacial score (nSPS) is 11.1. The number of thiocarbonyl (C=S) groups is 1. The molecule has 0 fully saturated rings. The number of hydrogen-bond acceptors (Lipinski definition) is 5. The zero-order valence-corrected chi connectivity index (χ0v) is 15.9. The molecule has 26 heavy (non-hydrogen) atoms. The minimum atomic E-state index is -3.76. The first-order valence-electron chi connectivity index (χ1n) is 7.67. The molecule has 2 rings (SSSR count). The maximum atomic E-state index is 12.3. The van der Waals surface area contributed by atoms with Crippen LogP contribution in [0, 0.1) is 0 Å². The van der Waals surface area contributed by atoms with Gasteiger partial charge < -0.3 is 10.1 Å². The molecule has 0 heterocycles. The van der Waals surface area contributed by atoms with E-state index in [1.54, 1.807) is 24.3 Å². The van der Waals surface area contributed by atoms with Crippen molar-refractivity contribution in [1.29, 1.82) is 0 Å². The summed E-state index contributed by atoms with van der Waals surface area (Å²) in [5.74, 6) is 0.197. The van der Waals surface area contributed by atoms with Crippen LogP contribution >= 0.6 is 12.2 Å². The van der Waals surface area contributed by atoms with Gasteiger partial charge in [0, 0.05) is 11.3 Å². The summed E-state index contributed by atoms with van der Waals surface area (Å²) >= 11 is 5.10. The molecule has 7 nitrogen and oxygen atoms in total. The highest BCUT2D eigenvalue weighted by molar-refractivity contribution is 7.89. The van der Waals surface area contributed by atoms with Gasteiger partial charge in [-0.3, -0.25) is 10.1 Å². The number of carbonyl (C=O) groups is 1. The summed E-state index contributed by atoms with van der Waals surface area (Å²) in [6.45, 7) is 3.79. The number of nitrogens with one attached hydrogen (secondary N) is 2. The first kappa shape index (κ1) is 19.8. The second-order valence-corrected chi connectivity index (χ2v) is 7.64. The van der Waals surface area contributed by atoms with E-state index in [4.69, 9.17) is 22.1 Å². The van der Waals surface area contributed by atoms with Crippen molar-refractivity contribution >= 4 is 38.9 Å². The van der Waals surface area contributed by atoms with Gasteiger partial charge in [0.15, 0.2) is 5.11 Å². The number of anilines is 1. The van der Waals surface area contributed by atoms with Crippen LogP contribution in [0.3, 0.4) is 0 Å². The number of primary sulfonamides is 1. The maximum absolute atomic E-state index is 12.3. The van der Waals surface area contributed by atoms with Gasteiger partial charge in [-0.2, -0.15) is 0 Å². The first-order valence-corrected chi connectivity index (χ1v) is 9.62. The van der Waals surface area contributed by atoms with Gasteiger partial charge in [0.2, 0.25) is 10.0 Å². The lowest BCUT2D eigenvalue weighted by atomic mass is 10.2. The van der Waals surface area contributed by atoms with E-state index in [1.165, 1.54) is 24.3 Å².